The molecule has 0 N–H and O–H groups in total. The lowest BCUT2D eigenvalue weighted by Gasteiger charge is -2.16. The molecule has 6 heteroatoms. The second-order valence-electron chi connectivity index (χ2n) is 6.04. The molecule has 0 radical (unpaired) electrons. The molecule has 1 aliphatic carbocycles. The van der Waals surface area contributed by atoms with Crippen molar-refractivity contribution in [2.45, 2.75) is 32.1 Å². The quantitative estimate of drug-likeness (QED) is 0.623. The minimum Gasteiger partial charge on any atom is -0.307 e. The zero-order valence-electron chi connectivity index (χ0n) is 12.6. The van der Waals surface area contributed by atoms with Crippen molar-refractivity contribution in [2.24, 2.45) is 0 Å². The molecule has 1 aliphatic heterocycles. The van der Waals surface area contributed by atoms with E-state index in [0.29, 0.717) is 12.2 Å². The number of nitrogens with zero attached hydrogens (tertiary/aromatic N) is 2. The molecule has 2 heterocycles. The maximum absolute atomic E-state index is 12.9. The molecule has 0 atom stereocenters. The minimum absolute atomic E-state index is 0.0244. The van der Waals surface area contributed by atoms with Crippen molar-refractivity contribution in [3.05, 3.63) is 55.3 Å². The Labute approximate surface area is 137 Å². The molecule has 23 heavy (non-hydrogen) atoms. The van der Waals surface area contributed by atoms with Gasteiger partial charge in [-0.05, 0) is 49.3 Å². The van der Waals surface area contributed by atoms with Crippen molar-refractivity contribution >= 4 is 28.6 Å². The third-order valence-electron chi connectivity index (χ3n) is 4.63. The van der Waals surface area contributed by atoms with Crippen molar-refractivity contribution in [3.63, 3.8) is 0 Å². The summed E-state index contributed by atoms with van der Waals surface area (Å²) in [5, 5.41) is 11.0. The number of nitro groups is 1. The summed E-state index contributed by atoms with van der Waals surface area (Å²) in [6, 6.07) is 6.82. The van der Waals surface area contributed by atoms with Crippen LogP contribution in [0.2, 0.25) is 0 Å². The number of carbonyl (C=O) groups is 1. The molecule has 1 aromatic carbocycles. The molecule has 0 unspecified atom stereocenters. The highest BCUT2D eigenvalue weighted by Crippen LogP contribution is 2.35. The van der Waals surface area contributed by atoms with Crippen LogP contribution in [0.5, 0.6) is 0 Å². The predicted octanol–water partition coefficient (Wildman–Crippen LogP) is 3.74. The number of carbonyl (C=O) groups excluding carboxylic acids is 1. The van der Waals surface area contributed by atoms with Gasteiger partial charge in [-0.3, -0.25) is 14.9 Å². The Morgan fingerprint density at radius 2 is 1.96 bits per heavy atom. The van der Waals surface area contributed by atoms with Gasteiger partial charge in [0.05, 0.1) is 15.5 Å². The van der Waals surface area contributed by atoms with Crippen LogP contribution in [0.4, 0.5) is 11.4 Å². The van der Waals surface area contributed by atoms with Gasteiger partial charge in [0.2, 0.25) is 0 Å². The number of thiophene rings is 1. The van der Waals surface area contributed by atoms with E-state index < -0.39 is 4.92 Å². The zero-order chi connectivity index (χ0) is 16.0. The summed E-state index contributed by atoms with van der Waals surface area (Å²) in [5.41, 5.74) is 3.04. The van der Waals surface area contributed by atoms with Gasteiger partial charge in [0.25, 0.3) is 11.6 Å². The SMILES string of the molecule is O=C(c1cc2c(s1)CCCC2)N1CCc2ccc([N+](=O)[O-])cc21. The molecule has 118 valence electrons. The number of rotatable bonds is 2. The average Bonchev–Trinajstić information content (AvgIpc) is 3.17. The van der Waals surface area contributed by atoms with E-state index in [9.17, 15) is 14.9 Å². The third-order valence-corrected chi connectivity index (χ3v) is 5.85. The Morgan fingerprint density at radius 3 is 2.74 bits per heavy atom. The van der Waals surface area contributed by atoms with Gasteiger partial charge in [-0.2, -0.15) is 0 Å². The van der Waals surface area contributed by atoms with Gasteiger partial charge in [-0.15, -0.1) is 11.3 Å². The van der Waals surface area contributed by atoms with Crippen LogP contribution < -0.4 is 4.90 Å². The fourth-order valence-corrected chi connectivity index (χ4v) is 4.62. The Kier molecular flexibility index (Phi) is 3.41. The lowest BCUT2D eigenvalue weighted by atomic mass is 9.99. The summed E-state index contributed by atoms with van der Waals surface area (Å²) in [4.78, 5) is 27.2. The predicted molar refractivity (Wildman–Crippen MR) is 89.4 cm³/mol. The second-order valence-corrected chi connectivity index (χ2v) is 7.18. The van der Waals surface area contributed by atoms with Crippen molar-refractivity contribution in [1.29, 1.82) is 0 Å². The van der Waals surface area contributed by atoms with Gasteiger partial charge in [-0.25, -0.2) is 0 Å². The molecule has 0 bridgehead atoms. The van der Waals surface area contributed by atoms with Crippen molar-refractivity contribution in [3.8, 4) is 0 Å². The Bertz CT molecular complexity index is 789. The van der Waals surface area contributed by atoms with E-state index in [1.165, 1.54) is 35.4 Å². The number of amides is 1. The molecule has 2 aromatic rings. The van der Waals surface area contributed by atoms with Crippen LogP contribution in [0.1, 0.15) is 38.5 Å². The van der Waals surface area contributed by atoms with Crippen molar-refractivity contribution < 1.29 is 9.72 Å². The minimum atomic E-state index is -0.412. The summed E-state index contributed by atoms with van der Waals surface area (Å²) in [5.74, 6) is -0.0244. The maximum Gasteiger partial charge on any atom is 0.271 e. The highest BCUT2D eigenvalue weighted by molar-refractivity contribution is 7.14. The van der Waals surface area contributed by atoms with Crippen molar-refractivity contribution in [2.75, 3.05) is 11.4 Å². The number of fused-ring (bicyclic) bond motifs is 2. The Hall–Kier alpha value is -2.21. The molecule has 4 rings (SSSR count). The van der Waals surface area contributed by atoms with E-state index in [-0.39, 0.29) is 11.6 Å². The number of anilines is 1. The number of hydrogen-bond acceptors (Lipinski definition) is 4. The monoisotopic (exact) mass is 328 g/mol. The molecule has 0 fully saturated rings. The summed E-state index contributed by atoms with van der Waals surface area (Å²) >= 11 is 1.59. The summed E-state index contributed by atoms with van der Waals surface area (Å²) in [7, 11) is 0. The van der Waals surface area contributed by atoms with E-state index in [2.05, 4.69) is 0 Å². The number of benzene rings is 1. The summed E-state index contributed by atoms with van der Waals surface area (Å²) in [6.45, 7) is 0.595. The normalized spacial score (nSPS) is 16.1. The van der Waals surface area contributed by atoms with E-state index in [1.54, 1.807) is 22.3 Å². The molecule has 0 saturated carbocycles. The van der Waals surface area contributed by atoms with Crippen LogP contribution in [-0.2, 0) is 19.3 Å². The fraction of sp³-hybridized carbons (Fsp3) is 0.353. The molecule has 2 aliphatic rings. The lowest BCUT2D eigenvalue weighted by molar-refractivity contribution is -0.384. The van der Waals surface area contributed by atoms with Crippen LogP contribution in [0.15, 0.2) is 24.3 Å². The first kappa shape index (κ1) is 14.4. The number of nitro benzene ring substituents is 1. The van der Waals surface area contributed by atoms with Crippen LogP contribution in [-0.4, -0.2) is 17.4 Å². The van der Waals surface area contributed by atoms with Gasteiger partial charge < -0.3 is 4.90 Å². The van der Waals surface area contributed by atoms with Crippen LogP contribution in [0.25, 0.3) is 0 Å². The fourth-order valence-electron chi connectivity index (χ4n) is 3.42. The highest BCUT2D eigenvalue weighted by Gasteiger charge is 2.29. The maximum atomic E-state index is 12.9. The Morgan fingerprint density at radius 1 is 1.13 bits per heavy atom. The second kappa shape index (κ2) is 5.45. The first-order chi connectivity index (χ1) is 11.1. The smallest absolute Gasteiger partial charge is 0.271 e. The number of non-ortho nitro benzene ring substituents is 1. The van der Waals surface area contributed by atoms with Gasteiger partial charge in [-0.1, -0.05) is 6.07 Å². The van der Waals surface area contributed by atoms with Gasteiger partial charge in [0.1, 0.15) is 0 Å². The molecule has 0 spiro atoms. The van der Waals surface area contributed by atoms with Crippen LogP contribution in [0.3, 0.4) is 0 Å². The highest BCUT2D eigenvalue weighted by atomic mass is 32.1. The topological polar surface area (TPSA) is 63.5 Å². The van der Waals surface area contributed by atoms with Crippen molar-refractivity contribution in [1.82, 2.24) is 0 Å². The third kappa shape index (κ3) is 2.43. The lowest BCUT2D eigenvalue weighted by Crippen LogP contribution is -2.28. The standard InChI is InChI=1S/C17H16N2O3S/c20-17(16-9-12-3-1-2-4-15(12)23-16)18-8-7-11-5-6-13(19(21)22)10-14(11)18/h5-6,9-10H,1-4,7-8H2. The van der Waals surface area contributed by atoms with Gasteiger partial charge >= 0.3 is 0 Å². The van der Waals surface area contributed by atoms with E-state index in [1.807, 2.05) is 6.07 Å². The first-order valence-electron chi connectivity index (χ1n) is 7.84. The summed E-state index contributed by atoms with van der Waals surface area (Å²) in [6.07, 6.45) is 5.26. The molecule has 5 nitrogen and oxygen atoms in total. The van der Waals surface area contributed by atoms with Crippen LogP contribution in [0, 0.1) is 10.1 Å². The first-order valence-corrected chi connectivity index (χ1v) is 8.66. The number of hydrogen-bond donors (Lipinski definition) is 0. The summed E-state index contributed by atoms with van der Waals surface area (Å²) < 4.78 is 0. The molecular formula is C17H16N2O3S. The van der Waals surface area contributed by atoms with E-state index in [4.69, 9.17) is 0 Å². The Balaban J connectivity index is 1.67. The molecular weight excluding hydrogens is 312 g/mol. The van der Waals surface area contributed by atoms with E-state index >= 15 is 0 Å². The number of aryl methyl sites for hydroxylation is 2. The molecule has 0 saturated heterocycles. The zero-order valence-corrected chi connectivity index (χ0v) is 13.4. The molecule has 1 amide bonds. The largest absolute Gasteiger partial charge is 0.307 e. The van der Waals surface area contributed by atoms with E-state index in [0.717, 1.165) is 29.7 Å². The van der Waals surface area contributed by atoms with Gasteiger partial charge in [0.15, 0.2) is 0 Å². The van der Waals surface area contributed by atoms with Gasteiger partial charge in [0, 0.05) is 23.6 Å². The average molecular weight is 328 g/mol. The van der Waals surface area contributed by atoms with Crippen LogP contribution >= 0.6 is 11.3 Å². The molecule has 1 aromatic heterocycles.